The summed E-state index contributed by atoms with van der Waals surface area (Å²) in [5.41, 5.74) is 3.72. The van der Waals surface area contributed by atoms with Gasteiger partial charge in [-0.2, -0.15) is 0 Å². The standard InChI is InChI=1S/C22H26ClN3O/c1-25-10-12-26(13-11-25)22(27)15-24-21-14-20(21)18-4-2-16(3-5-18)17-6-8-19(23)9-7-17/h2-9,20-21,24H,10-15H2,1H3/t20?,21-/m0/s1. The van der Waals surface area contributed by atoms with E-state index in [0.29, 0.717) is 18.5 Å². The minimum absolute atomic E-state index is 0.229. The van der Waals surface area contributed by atoms with E-state index in [-0.39, 0.29) is 5.91 Å². The van der Waals surface area contributed by atoms with Crippen molar-refractivity contribution in [2.24, 2.45) is 0 Å². The van der Waals surface area contributed by atoms with Crippen LogP contribution in [0.15, 0.2) is 48.5 Å². The van der Waals surface area contributed by atoms with E-state index in [4.69, 9.17) is 11.6 Å². The summed E-state index contributed by atoms with van der Waals surface area (Å²) in [4.78, 5) is 16.6. The van der Waals surface area contributed by atoms with Gasteiger partial charge in [-0.25, -0.2) is 0 Å². The van der Waals surface area contributed by atoms with Crippen molar-refractivity contribution in [3.63, 3.8) is 0 Å². The Bertz CT molecular complexity index is 782. The van der Waals surface area contributed by atoms with Crippen LogP contribution in [-0.4, -0.2) is 61.5 Å². The molecule has 4 nitrogen and oxygen atoms in total. The van der Waals surface area contributed by atoms with Crippen molar-refractivity contribution < 1.29 is 4.79 Å². The zero-order chi connectivity index (χ0) is 18.8. The number of hydrogen-bond acceptors (Lipinski definition) is 3. The van der Waals surface area contributed by atoms with Gasteiger partial charge in [0.15, 0.2) is 0 Å². The van der Waals surface area contributed by atoms with E-state index in [9.17, 15) is 4.79 Å². The van der Waals surface area contributed by atoms with Gasteiger partial charge in [0.05, 0.1) is 6.54 Å². The van der Waals surface area contributed by atoms with E-state index in [1.807, 2.05) is 29.2 Å². The lowest BCUT2D eigenvalue weighted by atomic mass is 10.0. The highest BCUT2D eigenvalue weighted by Gasteiger charge is 2.38. The number of benzene rings is 2. The quantitative estimate of drug-likeness (QED) is 0.861. The summed E-state index contributed by atoms with van der Waals surface area (Å²) >= 11 is 5.96. The molecule has 2 aromatic rings. The Morgan fingerprint density at radius 2 is 1.59 bits per heavy atom. The molecule has 2 atom stereocenters. The predicted molar refractivity (Wildman–Crippen MR) is 110 cm³/mol. The topological polar surface area (TPSA) is 35.6 Å². The molecule has 1 saturated carbocycles. The third kappa shape index (κ3) is 4.52. The molecule has 27 heavy (non-hydrogen) atoms. The molecule has 2 aliphatic rings. The fourth-order valence-electron chi connectivity index (χ4n) is 3.74. The highest BCUT2D eigenvalue weighted by Crippen LogP contribution is 2.41. The Hall–Kier alpha value is -1.88. The summed E-state index contributed by atoms with van der Waals surface area (Å²) in [6.45, 7) is 4.08. The van der Waals surface area contributed by atoms with Crippen molar-refractivity contribution in [3.8, 4) is 11.1 Å². The van der Waals surface area contributed by atoms with Crippen LogP contribution >= 0.6 is 11.6 Å². The maximum atomic E-state index is 12.3. The lowest BCUT2D eigenvalue weighted by Gasteiger charge is -2.32. The third-order valence-corrected chi connectivity index (χ3v) is 5.93. The van der Waals surface area contributed by atoms with Crippen LogP contribution in [0.5, 0.6) is 0 Å². The summed E-state index contributed by atoms with van der Waals surface area (Å²) < 4.78 is 0. The molecule has 1 unspecified atom stereocenters. The van der Waals surface area contributed by atoms with E-state index in [1.165, 1.54) is 16.7 Å². The van der Waals surface area contributed by atoms with Crippen molar-refractivity contribution in [3.05, 3.63) is 59.1 Å². The van der Waals surface area contributed by atoms with Crippen molar-refractivity contribution >= 4 is 17.5 Å². The fraction of sp³-hybridized carbons (Fsp3) is 0.409. The van der Waals surface area contributed by atoms with Gasteiger partial charge in [0, 0.05) is 43.2 Å². The minimum atomic E-state index is 0.229. The van der Waals surface area contributed by atoms with Gasteiger partial charge in [0.1, 0.15) is 0 Å². The normalized spacial score (nSPS) is 22.7. The molecule has 0 spiro atoms. The second-order valence-corrected chi connectivity index (χ2v) is 8.08. The van der Waals surface area contributed by atoms with E-state index in [0.717, 1.165) is 37.6 Å². The summed E-state index contributed by atoms with van der Waals surface area (Å²) in [7, 11) is 2.10. The summed E-state index contributed by atoms with van der Waals surface area (Å²) in [6.07, 6.45) is 1.11. The molecular weight excluding hydrogens is 358 g/mol. The lowest BCUT2D eigenvalue weighted by Crippen LogP contribution is -2.49. The van der Waals surface area contributed by atoms with E-state index in [1.54, 1.807) is 0 Å². The van der Waals surface area contributed by atoms with Crippen LogP contribution in [0.4, 0.5) is 0 Å². The zero-order valence-corrected chi connectivity index (χ0v) is 16.5. The lowest BCUT2D eigenvalue weighted by molar-refractivity contribution is -0.131. The van der Waals surface area contributed by atoms with Crippen LogP contribution in [0.25, 0.3) is 11.1 Å². The van der Waals surface area contributed by atoms with Gasteiger partial charge in [-0.1, -0.05) is 48.0 Å². The van der Waals surface area contributed by atoms with E-state index >= 15 is 0 Å². The van der Waals surface area contributed by atoms with Gasteiger partial charge in [-0.05, 0) is 42.3 Å². The molecule has 0 bridgehead atoms. The number of piperazine rings is 1. The van der Waals surface area contributed by atoms with Crippen LogP contribution < -0.4 is 5.32 Å². The number of likely N-dealkylation sites (N-methyl/N-ethyl adjacent to an activating group) is 1. The second kappa shape index (κ2) is 8.01. The summed E-state index contributed by atoms with van der Waals surface area (Å²) in [6, 6.07) is 17.1. The first-order valence-electron chi connectivity index (χ1n) is 9.66. The molecule has 2 fully saturated rings. The highest BCUT2D eigenvalue weighted by molar-refractivity contribution is 6.30. The number of nitrogens with one attached hydrogen (secondary N) is 1. The van der Waals surface area contributed by atoms with Crippen LogP contribution in [0.3, 0.4) is 0 Å². The van der Waals surface area contributed by atoms with Crippen molar-refractivity contribution in [1.29, 1.82) is 0 Å². The molecule has 1 saturated heterocycles. The molecule has 4 rings (SSSR count). The molecule has 1 aliphatic carbocycles. The van der Waals surface area contributed by atoms with Crippen LogP contribution in [0.2, 0.25) is 5.02 Å². The SMILES string of the molecule is CN1CCN(C(=O)CN[C@H]2CC2c2ccc(-c3ccc(Cl)cc3)cc2)CC1. The molecule has 1 amide bonds. The maximum Gasteiger partial charge on any atom is 0.236 e. The number of carbonyl (C=O) groups is 1. The van der Waals surface area contributed by atoms with Gasteiger partial charge in [0.25, 0.3) is 0 Å². The van der Waals surface area contributed by atoms with Gasteiger partial charge in [-0.3, -0.25) is 4.79 Å². The number of carbonyl (C=O) groups excluding carboxylic acids is 1. The van der Waals surface area contributed by atoms with E-state index in [2.05, 4.69) is 41.5 Å². The van der Waals surface area contributed by atoms with Crippen LogP contribution in [0.1, 0.15) is 17.9 Å². The first kappa shape index (κ1) is 18.5. The maximum absolute atomic E-state index is 12.3. The van der Waals surface area contributed by atoms with Crippen molar-refractivity contribution in [1.82, 2.24) is 15.1 Å². The first-order valence-corrected chi connectivity index (χ1v) is 10.0. The molecule has 1 aliphatic heterocycles. The average Bonchev–Trinajstić information content (AvgIpc) is 3.47. The number of rotatable bonds is 5. The minimum Gasteiger partial charge on any atom is -0.339 e. The van der Waals surface area contributed by atoms with E-state index < -0.39 is 0 Å². The Kier molecular flexibility index (Phi) is 5.48. The monoisotopic (exact) mass is 383 g/mol. The van der Waals surface area contributed by atoms with Crippen LogP contribution in [0, 0.1) is 0 Å². The molecular formula is C22H26ClN3O. The molecule has 5 heteroatoms. The van der Waals surface area contributed by atoms with Crippen molar-refractivity contribution in [2.45, 2.75) is 18.4 Å². The molecule has 1 heterocycles. The summed E-state index contributed by atoms with van der Waals surface area (Å²) in [5.74, 6) is 0.747. The molecule has 2 aromatic carbocycles. The highest BCUT2D eigenvalue weighted by atomic mass is 35.5. The van der Waals surface area contributed by atoms with Gasteiger partial charge in [-0.15, -0.1) is 0 Å². The third-order valence-electron chi connectivity index (χ3n) is 5.68. The van der Waals surface area contributed by atoms with Crippen molar-refractivity contribution in [2.75, 3.05) is 39.8 Å². The summed E-state index contributed by atoms with van der Waals surface area (Å²) in [5, 5.41) is 4.20. The zero-order valence-electron chi connectivity index (χ0n) is 15.7. The molecule has 0 radical (unpaired) electrons. The van der Waals surface area contributed by atoms with Gasteiger partial charge in [0.2, 0.25) is 5.91 Å². The van der Waals surface area contributed by atoms with Gasteiger partial charge < -0.3 is 15.1 Å². The van der Waals surface area contributed by atoms with Crippen LogP contribution in [-0.2, 0) is 4.79 Å². The smallest absolute Gasteiger partial charge is 0.236 e. The largest absolute Gasteiger partial charge is 0.339 e. The molecule has 142 valence electrons. The predicted octanol–water partition coefficient (Wildman–Crippen LogP) is 3.23. The number of nitrogens with zero attached hydrogens (tertiary/aromatic N) is 2. The number of amides is 1. The number of hydrogen-bond donors (Lipinski definition) is 1. The molecule has 0 aromatic heterocycles. The number of halogens is 1. The Morgan fingerprint density at radius 1 is 1.00 bits per heavy atom. The Balaban J connectivity index is 1.27. The second-order valence-electron chi connectivity index (χ2n) is 7.64. The van der Waals surface area contributed by atoms with Gasteiger partial charge >= 0.3 is 0 Å². The first-order chi connectivity index (χ1) is 13.1. The fourth-order valence-corrected chi connectivity index (χ4v) is 3.87. The Morgan fingerprint density at radius 3 is 2.22 bits per heavy atom. The average molecular weight is 384 g/mol. The molecule has 1 N–H and O–H groups in total. The Labute approximate surface area is 166 Å².